The average molecular weight is 495 g/mol. The van der Waals surface area contributed by atoms with Crippen LogP contribution in [0.2, 0.25) is 0 Å². The second-order valence-electron chi connectivity index (χ2n) is 9.94. The van der Waals surface area contributed by atoms with E-state index in [-0.39, 0.29) is 55.7 Å². The number of carbonyl (C=O) groups is 2. The Morgan fingerprint density at radius 1 is 1.03 bits per heavy atom. The number of hydrogen-bond acceptors (Lipinski definition) is 7. The fourth-order valence-electron chi connectivity index (χ4n) is 5.41. The van der Waals surface area contributed by atoms with Crippen LogP contribution >= 0.6 is 0 Å². The van der Waals surface area contributed by atoms with E-state index < -0.39 is 6.10 Å². The van der Waals surface area contributed by atoms with Gasteiger partial charge in [-0.15, -0.1) is 0 Å². The highest BCUT2D eigenvalue weighted by Gasteiger charge is 2.46. The molecule has 9 nitrogen and oxygen atoms in total. The van der Waals surface area contributed by atoms with E-state index in [4.69, 9.17) is 18.9 Å². The molecule has 3 heterocycles. The Kier molecular flexibility index (Phi) is 6.18. The van der Waals surface area contributed by atoms with Gasteiger partial charge in [0.2, 0.25) is 18.6 Å². The van der Waals surface area contributed by atoms with Crippen LogP contribution in [0.3, 0.4) is 0 Å². The maximum atomic E-state index is 12.7. The quantitative estimate of drug-likeness (QED) is 0.542. The zero-order valence-electron chi connectivity index (χ0n) is 19.9. The third kappa shape index (κ3) is 4.49. The van der Waals surface area contributed by atoms with E-state index in [9.17, 15) is 14.7 Å². The topological polar surface area (TPSA) is 115 Å². The second-order valence-corrected chi connectivity index (χ2v) is 9.94. The average Bonchev–Trinajstić information content (AvgIpc) is 3.45. The summed E-state index contributed by atoms with van der Waals surface area (Å²) >= 11 is 0. The van der Waals surface area contributed by atoms with Gasteiger partial charge < -0.3 is 34.7 Å². The number of ether oxygens (including phenoxy) is 4. The number of amides is 2. The second kappa shape index (κ2) is 9.63. The predicted octanol–water partition coefficient (Wildman–Crippen LogP) is 2.85. The summed E-state index contributed by atoms with van der Waals surface area (Å²) in [6.45, 7) is 0.378. The fourth-order valence-corrected chi connectivity index (χ4v) is 5.41. The molecule has 2 aromatic carbocycles. The van der Waals surface area contributed by atoms with Gasteiger partial charge in [-0.1, -0.05) is 12.5 Å². The van der Waals surface area contributed by atoms with Crippen molar-refractivity contribution in [3.63, 3.8) is 0 Å². The lowest BCUT2D eigenvalue weighted by Gasteiger charge is -2.37. The first-order valence-corrected chi connectivity index (χ1v) is 12.6. The number of anilines is 1. The van der Waals surface area contributed by atoms with Crippen molar-refractivity contribution in [1.29, 1.82) is 0 Å². The van der Waals surface area contributed by atoms with Gasteiger partial charge in [-0.05, 0) is 55.2 Å². The van der Waals surface area contributed by atoms with Crippen LogP contribution < -0.4 is 24.8 Å². The van der Waals surface area contributed by atoms with Gasteiger partial charge in [0, 0.05) is 29.6 Å². The zero-order chi connectivity index (χ0) is 24.6. The molecule has 0 radical (unpaired) electrons. The predicted molar refractivity (Wildman–Crippen MR) is 129 cm³/mol. The summed E-state index contributed by atoms with van der Waals surface area (Å²) < 4.78 is 22.9. The largest absolute Gasteiger partial charge is 0.487 e. The lowest BCUT2D eigenvalue weighted by atomic mass is 9.83. The van der Waals surface area contributed by atoms with Crippen LogP contribution in [0.15, 0.2) is 36.4 Å². The summed E-state index contributed by atoms with van der Waals surface area (Å²) in [6.07, 6.45) is 2.54. The molecule has 0 aromatic heterocycles. The summed E-state index contributed by atoms with van der Waals surface area (Å²) in [5.74, 6) is 2.12. The molecule has 2 aromatic rings. The van der Waals surface area contributed by atoms with Gasteiger partial charge in [-0.25, -0.2) is 0 Å². The van der Waals surface area contributed by atoms with Gasteiger partial charge in [0.1, 0.15) is 18.0 Å². The third-order valence-electron chi connectivity index (χ3n) is 7.58. The highest BCUT2D eigenvalue weighted by atomic mass is 16.7. The number of aliphatic hydroxyl groups excluding tert-OH is 1. The van der Waals surface area contributed by atoms with Crippen LogP contribution in [0, 0.1) is 5.92 Å². The molecule has 0 spiro atoms. The van der Waals surface area contributed by atoms with Crippen molar-refractivity contribution >= 4 is 17.5 Å². The fraction of sp³-hybridized carbons (Fsp3) is 0.481. The van der Waals surface area contributed by atoms with Gasteiger partial charge in [-0.3, -0.25) is 9.59 Å². The Morgan fingerprint density at radius 2 is 1.86 bits per heavy atom. The Balaban J connectivity index is 1.10. The standard InChI is InChI=1S/C27H30N2O7/c30-13-24-26-20(19-9-17(5-7-21(19)36-26)29-27(32)16-2-1-3-16)10-18(35-24)11-25(31)28-12-15-4-6-22-23(8-15)34-14-33-22/h4-9,16,18,20,24,26,30H,1-3,10-14H2,(H,28,31)(H,29,32)/t18-,20+,24+,26-/m0/s1. The van der Waals surface area contributed by atoms with Crippen molar-refractivity contribution in [2.75, 3.05) is 18.7 Å². The van der Waals surface area contributed by atoms with Crippen molar-refractivity contribution in [1.82, 2.24) is 5.32 Å². The van der Waals surface area contributed by atoms with E-state index in [1.165, 1.54) is 0 Å². The van der Waals surface area contributed by atoms with Crippen molar-refractivity contribution in [3.05, 3.63) is 47.5 Å². The molecular formula is C27H30N2O7. The molecule has 6 rings (SSSR count). The smallest absolute Gasteiger partial charge is 0.231 e. The highest BCUT2D eigenvalue weighted by Crippen LogP contribution is 2.47. The lowest BCUT2D eigenvalue weighted by Crippen LogP contribution is -2.47. The minimum atomic E-state index is -0.532. The van der Waals surface area contributed by atoms with Crippen LogP contribution in [0.1, 0.15) is 49.1 Å². The molecule has 190 valence electrons. The number of aliphatic hydroxyl groups is 1. The van der Waals surface area contributed by atoms with Gasteiger partial charge >= 0.3 is 0 Å². The van der Waals surface area contributed by atoms with Gasteiger partial charge in [0.05, 0.1) is 19.1 Å². The van der Waals surface area contributed by atoms with Crippen LogP contribution in [0.25, 0.3) is 0 Å². The molecule has 3 aliphatic heterocycles. The van der Waals surface area contributed by atoms with Crippen molar-refractivity contribution in [2.24, 2.45) is 5.92 Å². The molecule has 1 saturated carbocycles. The Morgan fingerprint density at radius 3 is 2.67 bits per heavy atom. The number of nitrogens with one attached hydrogen (secondary N) is 2. The van der Waals surface area contributed by atoms with E-state index in [2.05, 4.69) is 10.6 Å². The molecule has 1 saturated heterocycles. The molecule has 0 unspecified atom stereocenters. The van der Waals surface area contributed by atoms with Gasteiger partial charge in [-0.2, -0.15) is 0 Å². The molecule has 3 N–H and O–H groups in total. The molecular weight excluding hydrogens is 464 g/mol. The number of rotatable bonds is 7. The zero-order valence-corrected chi connectivity index (χ0v) is 19.9. The molecule has 2 amide bonds. The lowest BCUT2D eigenvalue weighted by molar-refractivity contribution is -0.142. The van der Waals surface area contributed by atoms with Crippen LogP contribution in [-0.2, 0) is 20.9 Å². The monoisotopic (exact) mass is 494 g/mol. The maximum Gasteiger partial charge on any atom is 0.231 e. The Labute approximate surface area is 209 Å². The van der Waals surface area contributed by atoms with Crippen LogP contribution in [-0.4, -0.2) is 48.6 Å². The maximum absolute atomic E-state index is 12.7. The summed E-state index contributed by atoms with van der Waals surface area (Å²) in [7, 11) is 0. The van der Waals surface area contributed by atoms with Gasteiger partial charge in [0.25, 0.3) is 0 Å². The van der Waals surface area contributed by atoms with E-state index in [1.807, 2.05) is 36.4 Å². The summed E-state index contributed by atoms with van der Waals surface area (Å²) in [5, 5.41) is 16.0. The van der Waals surface area contributed by atoms with E-state index in [0.29, 0.717) is 24.5 Å². The number of carbonyl (C=O) groups excluding carboxylic acids is 2. The first-order chi connectivity index (χ1) is 17.6. The minimum absolute atomic E-state index is 0.0295. The first kappa shape index (κ1) is 23.1. The number of benzene rings is 2. The Bertz CT molecular complexity index is 1160. The number of hydrogen-bond donors (Lipinski definition) is 3. The summed E-state index contributed by atoms with van der Waals surface area (Å²) in [4.78, 5) is 25.2. The van der Waals surface area contributed by atoms with Crippen molar-refractivity contribution in [2.45, 2.75) is 62.9 Å². The molecule has 2 fully saturated rings. The SMILES string of the molecule is O=C(C[C@@H]1C[C@@H]2c3cc(NC(=O)C4CCC4)ccc3O[C@@H]2[C@@H](CO)O1)NCc1ccc2c(c1)OCO2. The third-order valence-corrected chi connectivity index (χ3v) is 7.58. The molecule has 0 bridgehead atoms. The molecule has 36 heavy (non-hydrogen) atoms. The molecule has 4 atom stereocenters. The molecule has 4 aliphatic rings. The van der Waals surface area contributed by atoms with Crippen LogP contribution in [0.5, 0.6) is 17.2 Å². The molecule has 1 aliphatic carbocycles. The minimum Gasteiger partial charge on any atom is -0.487 e. The van der Waals surface area contributed by atoms with Gasteiger partial charge in [0.15, 0.2) is 11.5 Å². The van der Waals surface area contributed by atoms with Crippen LogP contribution in [0.4, 0.5) is 5.69 Å². The summed E-state index contributed by atoms with van der Waals surface area (Å²) in [6, 6.07) is 11.3. The van der Waals surface area contributed by atoms with E-state index in [1.54, 1.807) is 0 Å². The first-order valence-electron chi connectivity index (χ1n) is 12.6. The Hall–Kier alpha value is -3.30. The normalized spacial score (nSPS) is 25.8. The van der Waals surface area contributed by atoms with E-state index in [0.717, 1.165) is 41.8 Å². The van der Waals surface area contributed by atoms with E-state index >= 15 is 0 Å². The highest BCUT2D eigenvalue weighted by molar-refractivity contribution is 5.93. The number of fused-ring (bicyclic) bond motifs is 4. The summed E-state index contributed by atoms with van der Waals surface area (Å²) in [5.41, 5.74) is 2.65. The van der Waals surface area contributed by atoms with Crippen molar-refractivity contribution < 1.29 is 33.6 Å². The van der Waals surface area contributed by atoms with Crippen molar-refractivity contribution in [3.8, 4) is 17.2 Å². The molecule has 9 heteroatoms.